The summed E-state index contributed by atoms with van der Waals surface area (Å²) < 4.78 is 8.01. The maximum absolute atomic E-state index is 13.1. The second kappa shape index (κ2) is 13.2. The number of hydrogen-bond acceptors (Lipinski definition) is 8. The van der Waals surface area contributed by atoms with E-state index in [9.17, 15) is 9.59 Å². The number of fused-ring (bicyclic) bond motifs is 1. The minimum atomic E-state index is -0.881. The van der Waals surface area contributed by atoms with Gasteiger partial charge in [-0.1, -0.05) is 12.8 Å². The van der Waals surface area contributed by atoms with Crippen molar-refractivity contribution in [3.63, 3.8) is 0 Å². The maximum Gasteiger partial charge on any atom is 0.407 e. The van der Waals surface area contributed by atoms with Crippen molar-refractivity contribution in [1.82, 2.24) is 24.4 Å². The summed E-state index contributed by atoms with van der Waals surface area (Å²) in [7, 11) is 0. The predicted molar refractivity (Wildman–Crippen MR) is 174 cm³/mol. The summed E-state index contributed by atoms with van der Waals surface area (Å²) in [6, 6.07) is 3.94. The van der Waals surface area contributed by atoms with Crippen LogP contribution < -0.4 is 15.8 Å². The molecular weight excluding hydrogens is 614 g/mol. The molecule has 11 nitrogen and oxygen atoms in total. The Morgan fingerprint density at radius 3 is 2.14 bits per heavy atom. The molecule has 43 heavy (non-hydrogen) atoms. The standard InChI is InChI=1S/C23H26BrN7O3.C8H18O/c1-14-17-13-26-22(28-20(17)31(21(32)19(14)24)15-4-2-3-5-15)27-18-7-6-16(12-25-18)29-8-10-30(11-9-29)23(33)34;1-7(2,3)9-8(4,5)6/h6-7,12-13,15H,2-5,8-11H2,1H3,(H,33,34)(H,25,26,27,28);1-6H3. The molecule has 12 heteroatoms. The lowest BCUT2D eigenvalue weighted by molar-refractivity contribution is -0.102. The largest absolute Gasteiger partial charge is 0.465 e. The number of pyridine rings is 2. The Bertz CT molecular complexity index is 1470. The van der Waals surface area contributed by atoms with E-state index >= 15 is 0 Å². The van der Waals surface area contributed by atoms with Gasteiger partial charge in [-0.05, 0) is 94.9 Å². The van der Waals surface area contributed by atoms with Gasteiger partial charge in [0.15, 0.2) is 0 Å². The monoisotopic (exact) mass is 657 g/mol. The number of anilines is 3. The lowest BCUT2D eigenvalue weighted by Gasteiger charge is -2.34. The van der Waals surface area contributed by atoms with Crippen LogP contribution in [0.5, 0.6) is 0 Å². The van der Waals surface area contributed by atoms with Gasteiger partial charge in [-0.25, -0.2) is 14.8 Å². The number of rotatable bonds is 4. The van der Waals surface area contributed by atoms with Crippen molar-refractivity contribution in [2.45, 2.75) is 91.4 Å². The summed E-state index contributed by atoms with van der Waals surface area (Å²) in [4.78, 5) is 41.4. The van der Waals surface area contributed by atoms with Crippen LogP contribution in [-0.4, -0.2) is 73.0 Å². The van der Waals surface area contributed by atoms with Gasteiger partial charge < -0.3 is 25.0 Å². The van der Waals surface area contributed by atoms with E-state index in [0.29, 0.717) is 48.1 Å². The van der Waals surface area contributed by atoms with Crippen molar-refractivity contribution >= 4 is 50.5 Å². The second-order valence-corrected chi connectivity index (χ2v) is 13.9. The lowest BCUT2D eigenvalue weighted by atomic mass is 10.1. The van der Waals surface area contributed by atoms with Crippen molar-refractivity contribution in [2.24, 2.45) is 0 Å². The minimum absolute atomic E-state index is 0.0156. The second-order valence-electron chi connectivity index (χ2n) is 13.1. The molecule has 234 valence electrons. The molecule has 0 unspecified atom stereocenters. The summed E-state index contributed by atoms with van der Waals surface area (Å²) >= 11 is 3.47. The van der Waals surface area contributed by atoms with Crippen LogP contribution in [0.4, 0.5) is 22.2 Å². The van der Waals surface area contributed by atoms with E-state index in [1.165, 1.54) is 4.90 Å². The van der Waals surface area contributed by atoms with E-state index < -0.39 is 6.09 Å². The Morgan fingerprint density at radius 2 is 1.63 bits per heavy atom. The van der Waals surface area contributed by atoms with Crippen molar-refractivity contribution in [3.05, 3.63) is 44.9 Å². The van der Waals surface area contributed by atoms with Crippen LogP contribution in [0.15, 0.2) is 33.8 Å². The Balaban J connectivity index is 0.000000410. The number of nitrogens with zero attached hydrogens (tertiary/aromatic N) is 6. The van der Waals surface area contributed by atoms with Crippen LogP contribution in [0.1, 0.15) is 78.8 Å². The van der Waals surface area contributed by atoms with Crippen molar-refractivity contribution < 1.29 is 14.6 Å². The first-order valence-corrected chi connectivity index (χ1v) is 15.7. The van der Waals surface area contributed by atoms with Gasteiger partial charge in [0.2, 0.25) is 5.95 Å². The quantitative estimate of drug-likeness (QED) is 0.323. The molecule has 2 fully saturated rings. The van der Waals surface area contributed by atoms with E-state index in [0.717, 1.165) is 42.3 Å². The summed E-state index contributed by atoms with van der Waals surface area (Å²) in [5.41, 5.74) is 2.34. The molecular formula is C31H44BrN7O4. The Morgan fingerprint density at radius 1 is 1.00 bits per heavy atom. The first-order chi connectivity index (χ1) is 20.1. The molecule has 2 N–H and O–H groups in total. The number of carbonyl (C=O) groups is 1. The van der Waals surface area contributed by atoms with E-state index in [-0.39, 0.29) is 22.8 Å². The fraction of sp³-hybridized carbons (Fsp3) is 0.581. The van der Waals surface area contributed by atoms with Crippen LogP contribution in [0.3, 0.4) is 0 Å². The van der Waals surface area contributed by atoms with Gasteiger partial charge in [-0.15, -0.1) is 0 Å². The molecule has 1 amide bonds. The number of amides is 1. The third-order valence-electron chi connectivity index (χ3n) is 7.34. The van der Waals surface area contributed by atoms with Gasteiger partial charge in [0, 0.05) is 43.8 Å². The zero-order valence-corrected chi connectivity index (χ0v) is 27.9. The first-order valence-electron chi connectivity index (χ1n) is 14.9. The zero-order valence-electron chi connectivity index (χ0n) is 26.3. The zero-order chi connectivity index (χ0) is 31.5. The molecule has 0 aromatic carbocycles. The SMILES string of the molecule is CC(C)(C)OC(C)(C)C.Cc1c(Br)c(=O)n(C2CCCC2)c2nc(Nc3ccc(N4CCN(C(=O)O)CC4)cn3)ncc12. The fourth-order valence-electron chi connectivity index (χ4n) is 5.70. The topological polar surface area (TPSA) is 126 Å². The summed E-state index contributed by atoms with van der Waals surface area (Å²) in [5, 5.41) is 13.1. The number of piperazine rings is 1. The van der Waals surface area contributed by atoms with E-state index in [4.69, 9.17) is 14.8 Å². The van der Waals surface area contributed by atoms with Crippen LogP contribution in [-0.2, 0) is 4.74 Å². The summed E-state index contributed by atoms with van der Waals surface area (Å²) in [6.07, 6.45) is 6.81. The highest BCUT2D eigenvalue weighted by atomic mass is 79.9. The number of hydrogen-bond donors (Lipinski definition) is 2. The van der Waals surface area contributed by atoms with Gasteiger partial charge in [0.25, 0.3) is 5.56 Å². The molecule has 1 aliphatic carbocycles. The molecule has 0 radical (unpaired) electrons. The lowest BCUT2D eigenvalue weighted by Crippen LogP contribution is -2.48. The molecule has 3 aromatic rings. The van der Waals surface area contributed by atoms with E-state index in [2.05, 4.69) is 77.7 Å². The maximum atomic E-state index is 13.1. The van der Waals surface area contributed by atoms with Crippen molar-refractivity contribution in [2.75, 3.05) is 36.4 Å². The smallest absolute Gasteiger partial charge is 0.407 e. The average molecular weight is 659 g/mol. The molecule has 5 rings (SSSR count). The van der Waals surface area contributed by atoms with E-state index in [1.54, 1.807) is 12.4 Å². The van der Waals surface area contributed by atoms with Crippen LogP contribution in [0, 0.1) is 6.92 Å². The molecule has 0 atom stereocenters. The Labute approximate surface area is 261 Å². The number of nitrogens with one attached hydrogen (secondary N) is 1. The van der Waals surface area contributed by atoms with Crippen LogP contribution in [0.2, 0.25) is 0 Å². The molecule has 4 heterocycles. The van der Waals surface area contributed by atoms with Crippen molar-refractivity contribution in [1.29, 1.82) is 0 Å². The number of halogens is 1. The van der Waals surface area contributed by atoms with Crippen LogP contribution in [0.25, 0.3) is 11.0 Å². The molecule has 3 aromatic heterocycles. The molecule has 1 saturated heterocycles. The van der Waals surface area contributed by atoms with Gasteiger partial charge >= 0.3 is 6.09 Å². The molecule has 1 aliphatic heterocycles. The average Bonchev–Trinajstić information content (AvgIpc) is 3.45. The third kappa shape index (κ3) is 8.44. The molecule has 0 bridgehead atoms. The fourth-order valence-corrected chi connectivity index (χ4v) is 6.10. The van der Waals surface area contributed by atoms with Gasteiger partial charge in [0.05, 0.1) is 27.6 Å². The van der Waals surface area contributed by atoms with Gasteiger partial charge in [-0.3, -0.25) is 9.36 Å². The predicted octanol–water partition coefficient (Wildman–Crippen LogP) is 6.52. The minimum Gasteiger partial charge on any atom is -0.465 e. The molecule has 0 spiro atoms. The number of ether oxygens (including phenoxy) is 1. The number of aryl methyl sites for hydroxylation is 1. The normalized spacial score (nSPS) is 16.3. The Kier molecular flexibility index (Phi) is 10.0. The van der Waals surface area contributed by atoms with Crippen molar-refractivity contribution in [3.8, 4) is 0 Å². The highest BCUT2D eigenvalue weighted by molar-refractivity contribution is 9.10. The van der Waals surface area contributed by atoms with Crippen LogP contribution >= 0.6 is 15.9 Å². The third-order valence-corrected chi connectivity index (χ3v) is 8.28. The van der Waals surface area contributed by atoms with Gasteiger partial charge in [-0.2, -0.15) is 4.98 Å². The molecule has 1 saturated carbocycles. The first kappa shape index (κ1) is 32.7. The Hall–Kier alpha value is -3.25. The number of aromatic nitrogens is 4. The van der Waals surface area contributed by atoms with Gasteiger partial charge in [0.1, 0.15) is 11.5 Å². The molecule has 2 aliphatic rings. The summed E-state index contributed by atoms with van der Waals surface area (Å²) in [5.74, 6) is 0.978. The highest BCUT2D eigenvalue weighted by Crippen LogP contribution is 2.33. The highest BCUT2D eigenvalue weighted by Gasteiger charge is 2.24. The van der Waals surface area contributed by atoms with E-state index in [1.807, 2.05) is 23.6 Å². The number of carboxylic acid groups (broad SMARTS) is 1. The summed E-state index contributed by atoms with van der Waals surface area (Å²) in [6.45, 7) is 16.5.